The number of amidine groups is 1. The Morgan fingerprint density at radius 2 is 1.80 bits per heavy atom. The van der Waals surface area contributed by atoms with Crippen molar-refractivity contribution in [3.63, 3.8) is 0 Å². The van der Waals surface area contributed by atoms with Crippen molar-refractivity contribution in [2.75, 3.05) is 6.54 Å². The van der Waals surface area contributed by atoms with Crippen LogP contribution in [0.15, 0.2) is 29.4 Å². The van der Waals surface area contributed by atoms with E-state index >= 15 is 0 Å². The highest BCUT2D eigenvalue weighted by molar-refractivity contribution is 5.79. The maximum Gasteiger partial charge on any atom is 0.140 e. The topological polar surface area (TPSA) is 61.8 Å². The summed E-state index contributed by atoms with van der Waals surface area (Å²) in [4.78, 5) is 2.32. The first-order valence-corrected chi connectivity index (χ1v) is 7.23. The van der Waals surface area contributed by atoms with Gasteiger partial charge in [0.25, 0.3) is 0 Å². The van der Waals surface area contributed by atoms with Crippen LogP contribution < -0.4 is 5.73 Å². The normalized spacial score (nSPS) is 12.7. The molecule has 0 bridgehead atoms. The Morgan fingerprint density at radius 3 is 2.25 bits per heavy atom. The highest BCUT2D eigenvalue weighted by Crippen LogP contribution is 2.16. The van der Waals surface area contributed by atoms with E-state index in [9.17, 15) is 0 Å². The van der Waals surface area contributed by atoms with Gasteiger partial charge in [-0.25, -0.2) is 0 Å². The largest absolute Gasteiger partial charge is 0.409 e. The lowest BCUT2D eigenvalue weighted by molar-refractivity contribution is 0.218. The predicted octanol–water partition coefficient (Wildman–Crippen LogP) is 3.16. The summed E-state index contributed by atoms with van der Waals surface area (Å²) in [5.41, 5.74) is 8.20. The third-order valence-corrected chi connectivity index (χ3v) is 3.55. The van der Waals surface area contributed by atoms with Gasteiger partial charge in [0.15, 0.2) is 0 Å². The summed E-state index contributed by atoms with van der Waals surface area (Å²) in [7, 11) is 0. The van der Waals surface area contributed by atoms with Crippen LogP contribution in [0.4, 0.5) is 0 Å². The molecule has 1 rings (SSSR count). The number of hydrogen-bond donors (Lipinski definition) is 2. The van der Waals surface area contributed by atoms with Crippen LogP contribution in [0.5, 0.6) is 0 Å². The van der Waals surface area contributed by atoms with Gasteiger partial charge in [0.1, 0.15) is 5.84 Å². The molecular weight excluding hydrogens is 250 g/mol. The van der Waals surface area contributed by atoms with E-state index in [0.717, 1.165) is 13.1 Å². The molecule has 0 aliphatic rings. The van der Waals surface area contributed by atoms with Crippen LogP contribution in [0.25, 0.3) is 0 Å². The molecular formula is C16H27N3O. The second-order valence-electron chi connectivity index (χ2n) is 5.80. The van der Waals surface area contributed by atoms with E-state index in [2.05, 4.69) is 62.0 Å². The van der Waals surface area contributed by atoms with Gasteiger partial charge in [-0.2, -0.15) is 0 Å². The summed E-state index contributed by atoms with van der Waals surface area (Å²) in [6.45, 7) is 10.4. The number of hydrogen-bond acceptors (Lipinski definition) is 3. The van der Waals surface area contributed by atoms with E-state index in [0.29, 0.717) is 18.4 Å². The Labute approximate surface area is 122 Å². The minimum atomic E-state index is 0.283. The van der Waals surface area contributed by atoms with E-state index in [1.807, 2.05) is 0 Å². The molecule has 20 heavy (non-hydrogen) atoms. The molecule has 1 aromatic rings. The van der Waals surface area contributed by atoms with Gasteiger partial charge in [0.05, 0.1) is 0 Å². The second-order valence-corrected chi connectivity index (χ2v) is 5.80. The number of rotatable bonds is 7. The van der Waals surface area contributed by atoms with Crippen molar-refractivity contribution in [2.45, 2.75) is 52.6 Å². The predicted molar refractivity (Wildman–Crippen MR) is 84.1 cm³/mol. The van der Waals surface area contributed by atoms with Crippen LogP contribution in [0, 0.1) is 0 Å². The molecule has 0 atom stereocenters. The van der Waals surface area contributed by atoms with Gasteiger partial charge in [-0.3, -0.25) is 4.90 Å². The Hall–Kier alpha value is -1.55. The van der Waals surface area contributed by atoms with Crippen LogP contribution in [-0.2, 0) is 6.54 Å². The minimum Gasteiger partial charge on any atom is -0.409 e. The first-order valence-electron chi connectivity index (χ1n) is 7.23. The van der Waals surface area contributed by atoms with Crippen molar-refractivity contribution < 1.29 is 5.21 Å². The molecule has 0 saturated heterocycles. The van der Waals surface area contributed by atoms with Crippen LogP contribution in [0.2, 0.25) is 0 Å². The van der Waals surface area contributed by atoms with E-state index in [4.69, 9.17) is 10.9 Å². The highest BCUT2D eigenvalue weighted by Gasteiger charge is 2.11. The Bertz CT molecular complexity index is 424. The van der Waals surface area contributed by atoms with Crippen molar-refractivity contribution in [3.05, 3.63) is 35.4 Å². The average Bonchev–Trinajstić information content (AvgIpc) is 2.43. The molecule has 3 N–H and O–H groups in total. The van der Waals surface area contributed by atoms with Gasteiger partial charge in [0.2, 0.25) is 0 Å². The summed E-state index contributed by atoms with van der Waals surface area (Å²) in [5, 5.41) is 11.6. The molecule has 0 radical (unpaired) electrons. The third kappa shape index (κ3) is 5.21. The molecule has 0 saturated carbocycles. The van der Waals surface area contributed by atoms with Crippen LogP contribution in [0.3, 0.4) is 0 Å². The summed E-state index contributed by atoms with van der Waals surface area (Å²) in [6.07, 6.45) is 0.582. The van der Waals surface area contributed by atoms with Gasteiger partial charge < -0.3 is 10.9 Å². The molecule has 0 aromatic heterocycles. The maximum atomic E-state index is 8.60. The van der Waals surface area contributed by atoms with Crippen molar-refractivity contribution in [3.8, 4) is 0 Å². The Balaban J connectivity index is 2.65. The Morgan fingerprint density at radius 1 is 1.20 bits per heavy atom. The zero-order chi connectivity index (χ0) is 15.1. The van der Waals surface area contributed by atoms with Gasteiger partial charge in [0, 0.05) is 25.6 Å². The van der Waals surface area contributed by atoms with Crippen molar-refractivity contribution in [1.29, 1.82) is 0 Å². The summed E-state index contributed by atoms with van der Waals surface area (Å²) >= 11 is 0. The second kappa shape index (κ2) is 7.90. The first-order chi connectivity index (χ1) is 9.43. The summed E-state index contributed by atoms with van der Waals surface area (Å²) in [5.74, 6) is 0.844. The molecule has 1 aromatic carbocycles. The summed E-state index contributed by atoms with van der Waals surface area (Å²) < 4.78 is 0. The molecule has 4 nitrogen and oxygen atoms in total. The number of oxime groups is 1. The minimum absolute atomic E-state index is 0.283. The van der Waals surface area contributed by atoms with Gasteiger partial charge in [-0.05, 0) is 30.9 Å². The molecule has 0 amide bonds. The van der Waals surface area contributed by atoms with Gasteiger partial charge in [-0.1, -0.05) is 43.3 Å². The SMILES string of the molecule is CC(C)c1ccc(CN(CCC(N)=NO)C(C)C)cc1. The molecule has 0 spiro atoms. The molecule has 4 heteroatoms. The van der Waals surface area contributed by atoms with Crippen molar-refractivity contribution in [2.24, 2.45) is 10.9 Å². The molecule has 0 fully saturated rings. The lowest BCUT2D eigenvalue weighted by Gasteiger charge is -2.26. The fourth-order valence-electron chi connectivity index (χ4n) is 2.07. The van der Waals surface area contributed by atoms with Crippen LogP contribution >= 0.6 is 0 Å². The summed E-state index contributed by atoms with van der Waals surface area (Å²) in [6, 6.07) is 9.19. The molecule has 112 valence electrons. The van der Waals surface area contributed by atoms with E-state index in [1.54, 1.807) is 0 Å². The standard InChI is InChI=1S/C16H27N3O/c1-12(2)15-7-5-14(6-8-15)11-19(13(3)4)10-9-16(17)18-20/h5-8,12-13,20H,9-11H2,1-4H3,(H2,17,18). The smallest absolute Gasteiger partial charge is 0.140 e. The fraction of sp³-hybridized carbons (Fsp3) is 0.562. The van der Waals surface area contributed by atoms with Crippen molar-refractivity contribution >= 4 is 5.84 Å². The van der Waals surface area contributed by atoms with E-state index < -0.39 is 0 Å². The lowest BCUT2D eigenvalue weighted by atomic mass is 10.0. The highest BCUT2D eigenvalue weighted by atomic mass is 16.4. The quantitative estimate of drug-likeness (QED) is 0.348. The fourth-order valence-corrected chi connectivity index (χ4v) is 2.07. The first kappa shape index (κ1) is 16.5. The average molecular weight is 277 g/mol. The molecule has 0 heterocycles. The zero-order valence-electron chi connectivity index (χ0n) is 13.0. The molecule has 0 aliphatic heterocycles. The third-order valence-electron chi connectivity index (χ3n) is 3.55. The molecule has 0 unspecified atom stereocenters. The maximum absolute atomic E-state index is 8.60. The number of benzene rings is 1. The number of nitrogens with two attached hydrogens (primary N) is 1. The lowest BCUT2D eigenvalue weighted by Crippen LogP contribution is -2.33. The van der Waals surface area contributed by atoms with Gasteiger partial charge >= 0.3 is 0 Å². The monoisotopic (exact) mass is 277 g/mol. The van der Waals surface area contributed by atoms with Crippen molar-refractivity contribution in [1.82, 2.24) is 4.90 Å². The van der Waals surface area contributed by atoms with E-state index in [1.165, 1.54) is 11.1 Å². The Kier molecular flexibility index (Phi) is 6.52. The number of nitrogens with zero attached hydrogens (tertiary/aromatic N) is 2. The van der Waals surface area contributed by atoms with Gasteiger partial charge in [-0.15, -0.1) is 0 Å². The van der Waals surface area contributed by atoms with E-state index in [-0.39, 0.29) is 5.84 Å². The van der Waals surface area contributed by atoms with Crippen LogP contribution in [-0.4, -0.2) is 28.5 Å². The molecule has 0 aliphatic carbocycles. The van der Waals surface area contributed by atoms with Crippen LogP contribution in [0.1, 0.15) is 51.2 Å². The zero-order valence-corrected chi connectivity index (χ0v) is 13.0.